The van der Waals surface area contributed by atoms with E-state index in [1.807, 2.05) is 118 Å². The molecule has 25 heteroatoms. The van der Waals surface area contributed by atoms with Crippen LogP contribution in [0.1, 0.15) is 451 Å². The van der Waals surface area contributed by atoms with E-state index in [0.717, 1.165) is 103 Å². The number of carbonyl (C=O) groups is 11. The van der Waals surface area contributed by atoms with Gasteiger partial charge in [0.25, 0.3) is 0 Å². The number of esters is 11. The minimum atomic E-state index is -0.687. The molecule has 0 N–H and O–H groups in total. The number of methoxy groups -OCH3 is 1. The molecule has 0 aromatic heterocycles. The first-order valence-electron chi connectivity index (χ1n) is 55.0. The van der Waals surface area contributed by atoms with E-state index in [-0.39, 0.29) is 156 Å². The van der Waals surface area contributed by atoms with Crippen LogP contribution >= 0.6 is 0 Å². The van der Waals surface area contributed by atoms with E-state index in [1.54, 1.807) is 13.8 Å². The van der Waals surface area contributed by atoms with Gasteiger partial charge in [0.05, 0.1) is 97.9 Å². The van der Waals surface area contributed by atoms with Crippen LogP contribution in [0.25, 0.3) is 0 Å². The van der Waals surface area contributed by atoms with Gasteiger partial charge in [0.2, 0.25) is 6.10 Å². The first kappa shape index (κ1) is 113. The normalized spacial score (nSPS) is 33.7. The second-order valence-electron chi connectivity index (χ2n) is 52.0. The number of cyclic esters (lactones) is 1. The molecule has 792 valence electrons. The average Bonchev–Trinajstić information content (AvgIpc) is 1.50. The Morgan fingerprint density at radius 1 is 0.381 bits per heavy atom. The summed E-state index contributed by atoms with van der Waals surface area (Å²) >= 11 is 0. The van der Waals surface area contributed by atoms with Crippen molar-refractivity contribution in [3.05, 3.63) is 0 Å². The molecule has 14 aliphatic carbocycles. The summed E-state index contributed by atoms with van der Waals surface area (Å²) in [6.45, 7) is 56.8. The third kappa shape index (κ3) is 24.5. The molecule has 16 atom stereocenters. The standard InChI is InChI=1S/2C23H38O3.C16H22O6.C15H28O2.C14H26O2.C13H18O5.C10H16O4/c2*1-5-20(3,4)19(24)25-22-12-17-11-18(13-22)15-23(14-17,16-22)26-21(6-2)9-7-8-10-21;1-5-16(2,3)15(19)22-12-7-6-8-10(9(7)13(17)20-4)14(18)21-11(8)12;1-7-14(5,6)12(16)17-15(13(2,3)4)10-8-9-11-15;1-6-13(4,5)12(15)16-14(11(2)3)9-7-8-10-14;1-4-13(2,3)12(15)18-9-7-5-6-8(16-7)10(9)17-11(6)14;1-4-10(2,3)9(12)14-7-5-6-13-8(7)11/h2*17-18H,5-16H2,1-4H3;7-12H,5-6H2,1-4H3;7-11H2,1-6H3;11H,6-10H2,1-5H3;6-10H,4-5H2,1-3H3;7H,4-6H2,1-3H3. The van der Waals surface area contributed by atoms with E-state index in [0.29, 0.717) is 74.7 Å². The molecule has 139 heavy (non-hydrogen) atoms. The van der Waals surface area contributed by atoms with Crippen LogP contribution in [0.15, 0.2) is 0 Å². The SMILES string of the molecule is CCC(C)(C)C(=O)OC1(C(C)(C)C)CCCC1.CCC(C)(C)C(=O)OC1(C(C)C)CCCC1.CCC(C)(C)C(=O)OC1C2CC3C(=O)OC1C3O2.CCC(C)(C)C(=O)OC1C2CC3C1OC(=O)C3C2C(=O)OC.CCC(C)(C)C(=O)OC1CCOC1=O.CCC1(OC23CC4CC(CC(OC(=O)C(C)(C)CC)(C4)C2)C3)CCCC1.CCC1(OC23CC4CC(CC(OC(=O)C(C)(C)CC)(C4)C2)C3)CCCC1. The predicted molar refractivity (Wildman–Crippen MR) is 527 cm³/mol. The van der Waals surface area contributed by atoms with Crippen molar-refractivity contribution in [3.8, 4) is 0 Å². The predicted octanol–water partition coefficient (Wildman–Crippen LogP) is 23.5. The zero-order valence-corrected chi connectivity index (χ0v) is 91.5. The van der Waals surface area contributed by atoms with Crippen molar-refractivity contribution in [2.24, 2.45) is 102 Å². The highest BCUT2D eigenvalue weighted by Gasteiger charge is 2.72. The van der Waals surface area contributed by atoms with Crippen LogP contribution in [0.5, 0.6) is 0 Å². The van der Waals surface area contributed by atoms with Crippen LogP contribution in [0.4, 0.5) is 0 Å². The topological polar surface area (TPSA) is 317 Å². The van der Waals surface area contributed by atoms with Crippen LogP contribution in [0.3, 0.4) is 0 Å². The van der Waals surface area contributed by atoms with Gasteiger partial charge >= 0.3 is 65.7 Å². The molecule has 25 nitrogen and oxygen atoms in total. The van der Waals surface area contributed by atoms with Gasteiger partial charge in [0.15, 0.2) is 12.2 Å². The number of ether oxygens (including phenoxy) is 14. The van der Waals surface area contributed by atoms with Gasteiger partial charge in [0.1, 0.15) is 40.7 Å². The lowest BCUT2D eigenvalue weighted by Crippen LogP contribution is -2.63. The van der Waals surface area contributed by atoms with E-state index < -0.39 is 70.5 Å². The van der Waals surface area contributed by atoms with E-state index >= 15 is 0 Å². The number of hydrogen-bond donors (Lipinski definition) is 0. The monoisotopic (exact) mass is 1960 g/mol. The maximum atomic E-state index is 12.9. The molecule has 0 amide bonds. The molecule has 5 aliphatic heterocycles. The molecule has 0 spiro atoms. The Balaban J connectivity index is 0.000000157. The third-order valence-electron chi connectivity index (χ3n) is 38.1. The lowest BCUT2D eigenvalue weighted by Gasteiger charge is -2.62. The lowest BCUT2D eigenvalue weighted by molar-refractivity contribution is -0.268. The molecule has 0 aromatic carbocycles. The van der Waals surface area contributed by atoms with Crippen molar-refractivity contribution in [1.29, 1.82) is 0 Å². The van der Waals surface area contributed by atoms with Crippen LogP contribution in [0.2, 0.25) is 0 Å². The summed E-state index contributed by atoms with van der Waals surface area (Å²) < 4.78 is 80.8. The summed E-state index contributed by atoms with van der Waals surface area (Å²) in [6, 6.07) is 0. The molecular formula is C114H186O25. The fourth-order valence-corrected chi connectivity index (χ4v) is 26.1. The Labute approximate surface area is 834 Å². The number of hydrogen-bond acceptors (Lipinski definition) is 25. The van der Waals surface area contributed by atoms with Gasteiger partial charge < -0.3 is 66.3 Å². The van der Waals surface area contributed by atoms with Crippen molar-refractivity contribution in [2.45, 2.75) is 538 Å². The van der Waals surface area contributed by atoms with E-state index in [4.69, 9.17) is 66.3 Å². The van der Waals surface area contributed by atoms with Crippen molar-refractivity contribution in [3.63, 3.8) is 0 Å². The second-order valence-corrected chi connectivity index (χ2v) is 52.0. The van der Waals surface area contributed by atoms with Crippen LogP contribution < -0.4 is 0 Å². The second kappa shape index (κ2) is 43.2. The summed E-state index contributed by atoms with van der Waals surface area (Å²) in [4.78, 5) is 133. The molecule has 12 bridgehead atoms. The van der Waals surface area contributed by atoms with E-state index in [9.17, 15) is 52.7 Å². The summed E-state index contributed by atoms with van der Waals surface area (Å²) in [5.41, 5.74) is -3.84. The first-order chi connectivity index (χ1) is 64.7. The van der Waals surface area contributed by atoms with Gasteiger partial charge in [-0.3, -0.25) is 47.9 Å². The highest BCUT2D eigenvalue weighted by atomic mass is 16.7. The summed E-state index contributed by atoms with van der Waals surface area (Å²) in [5, 5.41) is 0. The van der Waals surface area contributed by atoms with Gasteiger partial charge in [-0.05, 0) is 338 Å². The van der Waals surface area contributed by atoms with Crippen LogP contribution in [-0.2, 0) is 119 Å². The molecule has 0 radical (unpaired) electrons. The summed E-state index contributed by atoms with van der Waals surface area (Å²) in [7, 11) is 1.31. The first-order valence-corrected chi connectivity index (χ1v) is 55.0. The Bertz CT molecular complexity index is 4170. The Kier molecular flexibility index (Phi) is 35.3. The van der Waals surface area contributed by atoms with E-state index in [1.165, 1.54) is 123 Å². The summed E-state index contributed by atoms with van der Waals surface area (Å²) in [6.07, 6.45) is 39.1. The number of carbonyl (C=O) groups excluding carboxylic acids is 11. The van der Waals surface area contributed by atoms with Crippen molar-refractivity contribution < 1.29 is 119 Å². The molecule has 16 unspecified atom stereocenters. The summed E-state index contributed by atoms with van der Waals surface area (Å²) in [5.74, 6) is -0.529. The van der Waals surface area contributed by atoms with Gasteiger partial charge in [-0.1, -0.05) is 123 Å². The Morgan fingerprint density at radius 3 is 1.12 bits per heavy atom. The quantitative estimate of drug-likeness (QED) is 0.0496. The van der Waals surface area contributed by atoms with E-state index in [2.05, 4.69) is 62.3 Å². The highest BCUT2D eigenvalue weighted by molar-refractivity contribution is 5.87. The zero-order valence-electron chi connectivity index (χ0n) is 91.5. The average molecular weight is 1960 g/mol. The van der Waals surface area contributed by atoms with Crippen molar-refractivity contribution >= 4 is 65.7 Å². The molecule has 5 heterocycles. The lowest BCUT2D eigenvalue weighted by atomic mass is 9.52. The smallest absolute Gasteiger partial charge is 0.347 e. The number of fused-ring (bicyclic) bond motifs is 2. The Morgan fingerprint density at radius 2 is 0.741 bits per heavy atom. The van der Waals surface area contributed by atoms with Crippen molar-refractivity contribution in [1.82, 2.24) is 0 Å². The largest absolute Gasteiger partial charge is 0.469 e. The third-order valence-corrected chi connectivity index (χ3v) is 38.1. The fraction of sp³-hybridized carbons (Fsp3) is 0.904. The molecule has 19 aliphatic rings. The van der Waals surface area contributed by atoms with Gasteiger partial charge in [-0.2, -0.15) is 0 Å². The van der Waals surface area contributed by atoms with Gasteiger partial charge in [-0.25, -0.2) is 4.79 Å². The molecule has 5 saturated heterocycles. The fourth-order valence-electron chi connectivity index (χ4n) is 26.1. The molecule has 19 fully saturated rings. The molecule has 0 aromatic rings. The zero-order chi connectivity index (χ0) is 103. The number of rotatable bonds is 29. The van der Waals surface area contributed by atoms with Crippen LogP contribution in [0, 0.1) is 102 Å². The molecular weight excluding hydrogens is 1770 g/mol. The van der Waals surface area contributed by atoms with Crippen LogP contribution in [-0.4, -0.2) is 167 Å². The molecule has 14 saturated carbocycles. The minimum Gasteiger partial charge on any atom is -0.469 e. The maximum absolute atomic E-state index is 12.9. The minimum absolute atomic E-state index is 0.00294. The Hall–Kier alpha value is -5.95. The highest BCUT2D eigenvalue weighted by Crippen LogP contribution is 2.66. The van der Waals surface area contributed by atoms with Gasteiger partial charge in [-0.15, -0.1) is 0 Å². The molecule has 19 rings (SSSR count). The maximum Gasteiger partial charge on any atom is 0.347 e. The van der Waals surface area contributed by atoms with Gasteiger partial charge in [0, 0.05) is 36.5 Å². The van der Waals surface area contributed by atoms with Crippen molar-refractivity contribution in [2.75, 3.05) is 13.7 Å².